The number of amides is 1. The number of para-hydroxylation sites is 1. The number of hydrogen-bond donors (Lipinski definition) is 1. The molecule has 3 aromatic heterocycles. The molecule has 0 aliphatic carbocycles. The second-order valence-electron chi connectivity index (χ2n) is 7.72. The number of carbonyl (C=O) groups excluding carboxylic acids is 1. The highest BCUT2D eigenvalue weighted by atomic mass is 19.1. The number of fused-ring (bicyclic) bond motifs is 1. The Bertz CT molecular complexity index is 1380. The molecule has 11 heteroatoms. The first kappa shape index (κ1) is 21.4. The number of hydrogen-bond acceptors (Lipinski definition) is 7. The number of rotatable bonds is 5. The van der Waals surface area contributed by atoms with E-state index in [-0.39, 0.29) is 23.6 Å². The van der Waals surface area contributed by atoms with Crippen LogP contribution < -0.4 is 10.5 Å². The fourth-order valence-corrected chi connectivity index (χ4v) is 3.99. The summed E-state index contributed by atoms with van der Waals surface area (Å²) in [5.41, 5.74) is 7.78. The maximum atomic E-state index is 13.9. The summed E-state index contributed by atoms with van der Waals surface area (Å²) in [5, 5.41) is 5.28. The minimum atomic E-state index is -0.832. The summed E-state index contributed by atoms with van der Waals surface area (Å²) in [6.07, 6.45) is 4.81. The van der Waals surface area contributed by atoms with E-state index in [1.165, 1.54) is 30.7 Å². The van der Waals surface area contributed by atoms with Gasteiger partial charge in [0.05, 0.1) is 11.4 Å². The van der Waals surface area contributed by atoms with E-state index in [1.807, 2.05) is 0 Å². The van der Waals surface area contributed by atoms with Crippen molar-refractivity contribution >= 4 is 22.8 Å². The van der Waals surface area contributed by atoms with E-state index < -0.39 is 17.4 Å². The van der Waals surface area contributed by atoms with Gasteiger partial charge in [0.1, 0.15) is 17.8 Å². The number of nitrogen functional groups attached to an aromatic ring is 1. The highest BCUT2D eigenvalue weighted by Crippen LogP contribution is 2.34. The van der Waals surface area contributed by atoms with Crippen LogP contribution in [0.15, 0.2) is 55.5 Å². The molecule has 4 aromatic rings. The SMILES string of the molecule is C=CC(=O)N1CCC(n2nc(-c3ccc(Oc4c(F)cccc4F)nc3)c3c(N)ncnc32)C1. The summed E-state index contributed by atoms with van der Waals surface area (Å²) >= 11 is 0. The van der Waals surface area contributed by atoms with Crippen LogP contribution in [-0.2, 0) is 4.79 Å². The molecule has 34 heavy (non-hydrogen) atoms. The van der Waals surface area contributed by atoms with Gasteiger partial charge in [-0.05, 0) is 30.7 Å². The second kappa shape index (κ2) is 8.50. The first-order valence-electron chi connectivity index (χ1n) is 10.4. The summed E-state index contributed by atoms with van der Waals surface area (Å²) in [7, 11) is 0. The third-order valence-corrected chi connectivity index (χ3v) is 5.65. The molecule has 9 nitrogen and oxygen atoms in total. The highest BCUT2D eigenvalue weighted by Gasteiger charge is 2.30. The van der Waals surface area contributed by atoms with Gasteiger partial charge in [-0.25, -0.2) is 28.4 Å². The van der Waals surface area contributed by atoms with E-state index >= 15 is 0 Å². The minimum Gasteiger partial charge on any atom is -0.433 e. The van der Waals surface area contributed by atoms with Gasteiger partial charge in [-0.1, -0.05) is 12.6 Å². The Hall–Kier alpha value is -4.41. The number of likely N-dealkylation sites (tertiary alicyclic amines) is 1. The molecule has 0 saturated carbocycles. The summed E-state index contributed by atoms with van der Waals surface area (Å²) in [4.78, 5) is 26.3. The number of pyridine rings is 1. The number of halogens is 2. The molecule has 1 aliphatic heterocycles. The number of benzene rings is 1. The van der Waals surface area contributed by atoms with Crippen molar-refractivity contribution in [1.82, 2.24) is 29.6 Å². The van der Waals surface area contributed by atoms with Gasteiger partial charge in [0.15, 0.2) is 17.3 Å². The Morgan fingerprint density at radius 1 is 1.18 bits per heavy atom. The van der Waals surface area contributed by atoms with Crippen LogP contribution in [0.3, 0.4) is 0 Å². The Labute approximate surface area is 192 Å². The van der Waals surface area contributed by atoms with E-state index in [0.29, 0.717) is 41.8 Å². The highest BCUT2D eigenvalue weighted by molar-refractivity contribution is 5.98. The number of nitrogens with zero attached hydrogens (tertiary/aromatic N) is 6. The van der Waals surface area contributed by atoms with Crippen molar-refractivity contribution in [2.75, 3.05) is 18.8 Å². The molecule has 1 aliphatic rings. The standard InChI is InChI=1S/C23H19F2N7O2/c1-2-18(33)31-9-8-14(11-31)32-23-19(22(26)28-12-29-23)20(30-32)13-6-7-17(27-10-13)34-21-15(24)4-3-5-16(21)25/h2-7,10,12,14H,1,8-9,11H2,(H2,26,28,29). The van der Waals surface area contributed by atoms with Crippen molar-refractivity contribution in [3.63, 3.8) is 0 Å². The summed E-state index contributed by atoms with van der Waals surface area (Å²) in [6, 6.07) is 6.48. The first-order chi connectivity index (χ1) is 16.5. The van der Waals surface area contributed by atoms with E-state index in [1.54, 1.807) is 15.6 Å². The van der Waals surface area contributed by atoms with E-state index in [2.05, 4.69) is 21.5 Å². The minimum absolute atomic E-state index is 0.00934. The van der Waals surface area contributed by atoms with Gasteiger partial charge < -0.3 is 15.4 Å². The molecule has 172 valence electrons. The van der Waals surface area contributed by atoms with Crippen LogP contribution in [0.2, 0.25) is 0 Å². The molecule has 0 radical (unpaired) electrons. The average molecular weight is 463 g/mol. The third-order valence-electron chi connectivity index (χ3n) is 5.65. The quantitative estimate of drug-likeness (QED) is 0.451. The van der Waals surface area contributed by atoms with Gasteiger partial charge in [-0.15, -0.1) is 0 Å². The molecule has 1 unspecified atom stereocenters. The van der Waals surface area contributed by atoms with Crippen molar-refractivity contribution < 1.29 is 18.3 Å². The molecule has 1 aromatic carbocycles. The van der Waals surface area contributed by atoms with E-state index in [0.717, 1.165) is 12.1 Å². The lowest BCUT2D eigenvalue weighted by Crippen LogP contribution is -2.27. The lowest BCUT2D eigenvalue weighted by Gasteiger charge is -2.14. The maximum absolute atomic E-state index is 13.9. The summed E-state index contributed by atoms with van der Waals surface area (Å²) < 4.78 is 34.8. The zero-order chi connectivity index (χ0) is 23.8. The van der Waals surface area contributed by atoms with Crippen LogP contribution in [0.25, 0.3) is 22.3 Å². The smallest absolute Gasteiger partial charge is 0.246 e. The number of carbonyl (C=O) groups is 1. The molecule has 0 bridgehead atoms. The van der Waals surface area contributed by atoms with Crippen LogP contribution in [0.5, 0.6) is 11.6 Å². The molecule has 1 saturated heterocycles. The largest absolute Gasteiger partial charge is 0.433 e. The molecule has 5 rings (SSSR count). The van der Waals surface area contributed by atoms with Crippen molar-refractivity contribution in [2.45, 2.75) is 12.5 Å². The van der Waals surface area contributed by atoms with Crippen LogP contribution in [0, 0.1) is 11.6 Å². The van der Waals surface area contributed by atoms with Crippen molar-refractivity contribution in [3.05, 3.63) is 67.1 Å². The Balaban J connectivity index is 1.49. The van der Waals surface area contributed by atoms with Gasteiger partial charge in [0.25, 0.3) is 0 Å². The zero-order valence-corrected chi connectivity index (χ0v) is 17.9. The van der Waals surface area contributed by atoms with Gasteiger partial charge >= 0.3 is 0 Å². The fourth-order valence-electron chi connectivity index (χ4n) is 3.99. The van der Waals surface area contributed by atoms with Crippen molar-refractivity contribution in [2.24, 2.45) is 0 Å². The molecule has 0 spiro atoms. The molecular weight excluding hydrogens is 444 g/mol. The fraction of sp³-hybridized carbons (Fsp3) is 0.174. The first-order valence-corrected chi connectivity index (χ1v) is 10.4. The summed E-state index contributed by atoms with van der Waals surface area (Å²) in [5.74, 6) is -2.08. The maximum Gasteiger partial charge on any atom is 0.246 e. The topological polar surface area (TPSA) is 112 Å². The second-order valence-corrected chi connectivity index (χ2v) is 7.72. The predicted molar refractivity (Wildman–Crippen MR) is 120 cm³/mol. The molecule has 1 atom stereocenters. The lowest BCUT2D eigenvalue weighted by molar-refractivity contribution is -0.125. The average Bonchev–Trinajstić information content (AvgIpc) is 3.47. The number of anilines is 1. The van der Waals surface area contributed by atoms with Crippen LogP contribution in [-0.4, -0.2) is 48.6 Å². The Kier molecular flexibility index (Phi) is 5.36. The van der Waals surface area contributed by atoms with Gasteiger partial charge in [0.2, 0.25) is 17.5 Å². The van der Waals surface area contributed by atoms with Gasteiger partial charge in [0, 0.05) is 30.9 Å². The number of nitrogens with two attached hydrogens (primary N) is 1. The van der Waals surface area contributed by atoms with E-state index in [4.69, 9.17) is 15.6 Å². The third kappa shape index (κ3) is 3.70. The Morgan fingerprint density at radius 3 is 2.68 bits per heavy atom. The monoisotopic (exact) mass is 463 g/mol. The zero-order valence-electron chi connectivity index (χ0n) is 17.9. The molecule has 1 amide bonds. The van der Waals surface area contributed by atoms with Gasteiger partial charge in [-0.3, -0.25) is 4.79 Å². The van der Waals surface area contributed by atoms with E-state index in [9.17, 15) is 13.6 Å². The predicted octanol–water partition coefficient (Wildman–Crippen LogP) is 3.50. The molecule has 4 heterocycles. The Morgan fingerprint density at radius 2 is 1.97 bits per heavy atom. The molecular formula is C23H19F2N7O2. The van der Waals surface area contributed by atoms with Gasteiger partial charge in [-0.2, -0.15) is 5.10 Å². The molecule has 2 N–H and O–H groups in total. The number of ether oxygens (including phenoxy) is 1. The van der Waals surface area contributed by atoms with Crippen LogP contribution in [0.4, 0.5) is 14.6 Å². The molecule has 1 fully saturated rings. The normalized spacial score (nSPS) is 15.6. The van der Waals surface area contributed by atoms with Crippen molar-refractivity contribution in [1.29, 1.82) is 0 Å². The van der Waals surface area contributed by atoms with Crippen LogP contribution in [0.1, 0.15) is 12.5 Å². The summed E-state index contributed by atoms with van der Waals surface area (Å²) in [6.45, 7) is 4.58. The lowest BCUT2D eigenvalue weighted by atomic mass is 10.1. The number of aromatic nitrogens is 5. The van der Waals surface area contributed by atoms with Crippen molar-refractivity contribution in [3.8, 4) is 22.9 Å². The van der Waals surface area contributed by atoms with Crippen LogP contribution >= 0.6 is 0 Å².